The standard InChI is InChI=1S/C14H14ClFN4O/c15-9-4-10(16)6-12(5-9)19-14(21)18-11-1-2-13-8(3-11)7-17-20-13/h4-7,11H,1-3H2,(H,17,20)(H2,18,19,21)/t11-/m0/s1. The van der Waals surface area contributed by atoms with Crippen LogP contribution in [0.2, 0.25) is 5.02 Å². The molecule has 1 atom stereocenters. The van der Waals surface area contributed by atoms with Gasteiger partial charge in [0.15, 0.2) is 0 Å². The Kier molecular flexibility index (Phi) is 3.79. The molecule has 7 heteroatoms. The van der Waals surface area contributed by atoms with Crippen molar-refractivity contribution in [3.63, 3.8) is 0 Å². The van der Waals surface area contributed by atoms with Gasteiger partial charge in [0.25, 0.3) is 0 Å². The van der Waals surface area contributed by atoms with Crippen molar-refractivity contribution in [2.45, 2.75) is 25.3 Å². The van der Waals surface area contributed by atoms with Gasteiger partial charge < -0.3 is 10.6 Å². The Bertz CT molecular complexity index is 652. The molecule has 0 unspecified atom stereocenters. The number of halogens is 2. The van der Waals surface area contributed by atoms with Crippen LogP contribution in [0.25, 0.3) is 0 Å². The normalized spacial score (nSPS) is 17.1. The van der Waals surface area contributed by atoms with E-state index in [-0.39, 0.29) is 17.1 Å². The van der Waals surface area contributed by atoms with Crippen LogP contribution in [-0.4, -0.2) is 22.3 Å². The molecule has 21 heavy (non-hydrogen) atoms. The van der Waals surface area contributed by atoms with E-state index in [1.54, 1.807) is 6.20 Å². The molecular weight excluding hydrogens is 295 g/mol. The Morgan fingerprint density at radius 3 is 3.10 bits per heavy atom. The number of carbonyl (C=O) groups excluding carboxylic acids is 1. The smallest absolute Gasteiger partial charge is 0.319 e. The maximum Gasteiger partial charge on any atom is 0.319 e. The molecule has 1 heterocycles. The predicted octanol–water partition coefficient (Wildman–Crippen LogP) is 2.88. The molecular formula is C14H14ClFN4O. The van der Waals surface area contributed by atoms with Gasteiger partial charge in [-0.05, 0) is 43.0 Å². The van der Waals surface area contributed by atoms with Crippen molar-refractivity contribution >= 4 is 23.3 Å². The summed E-state index contributed by atoms with van der Waals surface area (Å²) in [5.41, 5.74) is 2.59. The van der Waals surface area contributed by atoms with Gasteiger partial charge in [0, 0.05) is 22.4 Å². The fourth-order valence-corrected chi connectivity index (χ4v) is 2.74. The van der Waals surface area contributed by atoms with Crippen molar-refractivity contribution in [2.24, 2.45) is 0 Å². The molecule has 110 valence electrons. The van der Waals surface area contributed by atoms with E-state index in [2.05, 4.69) is 20.8 Å². The monoisotopic (exact) mass is 308 g/mol. The predicted molar refractivity (Wildman–Crippen MR) is 78.0 cm³/mol. The van der Waals surface area contributed by atoms with E-state index in [0.29, 0.717) is 5.69 Å². The number of urea groups is 1. The average Bonchev–Trinajstić information content (AvgIpc) is 2.84. The number of nitrogens with one attached hydrogen (secondary N) is 3. The first-order valence-electron chi connectivity index (χ1n) is 6.65. The molecule has 1 aromatic heterocycles. The van der Waals surface area contributed by atoms with E-state index < -0.39 is 5.82 Å². The van der Waals surface area contributed by atoms with E-state index in [4.69, 9.17) is 11.6 Å². The molecule has 0 saturated carbocycles. The molecule has 3 rings (SSSR count). The number of aromatic nitrogens is 2. The van der Waals surface area contributed by atoms with Gasteiger partial charge in [-0.2, -0.15) is 5.10 Å². The number of carbonyl (C=O) groups is 1. The number of benzene rings is 1. The van der Waals surface area contributed by atoms with Crippen LogP contribution in [0.4, 0.5) is 14.9 Å². The third kappa shape index (κ3) is 3.33. The summed E-state index contributed by atoms with van der Waals surface area (Å²) in [4.78, 5) is 11.9. The molecule has 1 aliphatic carbocycles. The van der Waals surface area contributed by atoms with Crippen LogP contribution in [0.15, 0.2) is 24.4 Å². The minimum Gasteiger partial charge on any atom is -0.335 e. The number of aryl methyl sites for hydroxylation is 1. The van der Waals surface area contributed by atoms with Crippen LogP contribution in [0.1, 0.15) is 17.7 Å². The number of amides is 2. The van der Waals surface area contributed by atoms with Crippen molar-refractivity contribution in [1.82, 2.24) is 15.5 Å². The number of hydrogen-bond donors (Lipinski definition) is 3. The summed E-state index contributed by atoms with van der Waals surface area (Å²) in [7, 11) is 0. The third-order valence-corrected chi connectivity index (χ3v) is 3.69. The largest absolute Gasteiger partial charge is 0.335 e. The highest BCUT2D eigenvalue weighted by atomic mass is 35.5. The summed E-state index contributed by atoms with van der Waals surface area (Å²) in [5.74, 6) is -0.487. The highest BCUT2D eigenvalue weighted by Gasteiger charge is 2.21. The first kappa shape index (κ1) is 13.9. The first-order valence-corrected chi connectivity index (χ1v) is 7.02. The van der Waals surface area contributed by atoms with Crippen molar-refractivity contribution in [3.05, 3.63) is 46.5 Å². The number of H-pyrrole nitrogens is 1. The number of aromatic amines is 1. The zero-order valence-corrected chi connectivity index (χ0v) is 11.9. The van der Waals surface area contributed by atoms with Crippen molar-refractivity contribution < 1.29 is 9.18 Å². The summed E-state index contributed by atoms with van der Waals surface area (Å²) >= 11 is 5.75. The highest BCUT2D eigenvalue weighted by molar-refractivity contribution is 6.30. The molecule has 0 aliphatic heterocycles. The molecule has 1 aromatic carbocycles. The fourth-order valence-electron chi connectivity index (χ4n) is 2.52. The Hall–Kier alpha value is -2.08. The Labute approximate surface area is 125 Å². The second-order valence-electron chi connectivity index (χ2n) is 5.07. The molecule has 1 aliphatic rings. The summed E-state index contributed by atoms with van der Waals surface area (Å²) in [6.45, 7) is 0. The number of fused-ring (bicyclic) bond motifs is 1. The lowest BCUT2D eigenvalue weighted by molar-refractivity contribution is 0.247. The van der Waals surface area contributed by atoms with Gasteiger partial charge in [-0.1, -0.05) is 11.6 Å². The molecule has 0 radical (unpaired) electrons. The topological polar surface area (TPSA) is 69.8 Å². The van der Waals surface area contributed by atoms with Crippen LogP contribution in [0.3, 0.4) is 0 Å². The van der Waals surface area contributed by atoms with E-state index >= 15 is 0 Å². The van der Waals surface area contributed by atoms with E-state index in [1.807, 2.05) is 0 Å². The maximum absolute atomic E-state index is 13.2. The SMILES string of the molecule is O=C(Nc1cc(F)cc(Cl)c1)N[C@H]1CCc2[nH]ncc2C1. The molecule has 2 amide bonds. The molecule has 0 spiro atoms. The quantitative estimate of drug-likeness (QED) is 0.798. The Morgan fingerprint density at radius 1 is 1.43 bits per heavy atom. The van der Waals surface area contributed by atoms with Crippen LogP contribution >= 0.6 is 11.6 Å². The zero-order valence-electron chi connectivity index (χ0n) is 11.1. The number of nitrogens with zero attached hydrogens (tertiary/aromatic N) is 1. The van der Waals surface area contributed by atoms with Crippen LogP contribution in [0.5, 0.6) is 0 Å². The lowest BCUT2D eigenvalue weighted by Crippen LogP contribution is -2.41. The molecule has 0 saturated heterocycles. The number of rotatable bonds is 2. The lowest BCUT2D eigenvalue weighted by Gasteiger charge is -2.23. The maximum atomic E-state index is 13.2. The highest BCUT2D eigenvalue weighted by Crippen LogP contribution is 2.20. The van der Waals surface area contributed by atoms with E-state index in [1.165, 1.54) is 18.2 Å². The van der Waals surface area contributed by atoms with Gasteiger partial charge in [-0.25, -0.2) is 9.18 Å². The zero-order chi connectivity index (χ0) is 14.8. The second-order valence-corrected chi connectivity index (χ2v) is 5.51. The third-order valence-electron chi connectivity index (χ3n) is 3.47. The first-order chi connectivity index (χ1) is 10.1. The van der Waals surface area contributed by atoms with Crippen molar-refractivity contribution in [2.75, 3.05) is 5.32 Å². The lowest BCUT2D eigenvalue weighted by atomic mass is 9.94. The molecule has 0 fully saturated rings. The molecule has 2 aromatic rings. The average molecular weight is 309 g/mol. The summed E-state index contributed by atoms with van der Waals surface area (Å²) in [6, 6.07) is 3.58. The van der Waals surface area contributed by atoms with Crippen LogP contribution in [-0.2, 0) is 12.8 Å². The summed E-state index contributed by atoms with van der Waals surface area (Å²) < 4.78 is 13.2. The van der Waals surface area contributed by atoms with E-state index in [0.717, 1.165) is 30.5 Å². The Balaban J connectivity index is 1.60. The van der Waals surface area contributed by atoms with Crippen molar-refractivity contribution in [3.8, 4) is 0 Å². The number of anilines is 1. The molecule has 3 N–H and O–H groups in total. The van der Waals surface area contributed by atoms with Crippen LogP contribution < -0.4 is 10.6 Å². The summed E-state index contributed by atoms with van der Waals surface area (Å²) in [6.07, 6.45) is 4.22. The second kappa shape index (κ2) is 5.73. The Morgan fingerprint density at radius 2 is 2.29 bits per heavy atom. The van der Waals surface area contributed by atoms with E-state index in [9.17, 15) is 9.18 Å². The van der Waals surface area contributed by atoms with Crippen LogP contribution in [0, 0.1) is 5.82 Å². The molecule has 5 nitrogen and oxygen atoms in total. The van der Waals surface area contributed by atoms with Gasteiger partial charge >= 0.3 is 6.03 Å². The van der Waals surface area contributed by atoms with Gasteiger partial charge in [0.2, 0.25) is 0 Å². The molecule has 0 bridgehead atoms. The minimum atomic E-state index is -0.487. The minimum absolute atomic E-state index is 0.0409. The summed E-state index contributed by atoms with van der Waals surface area (Å²) in [5, 5.41) is 12.7. The van der Waals surface area contributed by atoms with Gasteiger partial charge in [-0.3, -0.25) is 5.10 Å². The van der Waals surface area contributed by atoms with Gasteiger partial charge in [0.05, 0.1) is 6.20 Å². The fraction of sp³-hybridized carbons (Fsp3) is 0.286. The van der Waals surface area contributed by atoms with Gasteiger partial charge in [0.1, 0.15) is 5.82 Å². The number of hydrogen-bond acceptors (Lipinski definition) is 2. The van der Waals surface area contributed by atoms with Gasteiger partial charge in [-0.15, -0.1) is 0 Å². The van der Waals surface area contributed by atoms with Crippen molar-refractivity contribution in [1.29, 1.82) is 0 Å².